The van der Waals surface area contributed by atoms with Crippen molar-refractivity contribution < 1.29 is 14.3 Å². The number of anilines is 2. The normalized spacial score (nSPS) is 22.1. The highest BCUT2D eigenvalue weighted by Crippen LogP contribution is 2.55. The summed E-state index contributed by atoms with van der Waals surface area (Å²) in [6.45, 7) is 2.89. The molecule has 0 bridgehead atoms. The molecule has 7 heteroatoms. The van der Waals surface area contributed by atoms with Crippen LogP contribution in [-0.2, 0) is 19.8 Å². The number of carbonyl (C=O) groups is 1. The second-order valence-electron chi connectivity index (χ2n) is 7.00. The van der Waals surface area contributed by atoms with Crippen LogP contribution in [0.3, 0.4) is 0 Å². The largest absolute Gasteiger partial charge is 0.468 e. The fourth-order valence-electron chi connectivity index (χ4n) is 4.19. The molecule has 1 N–H and O–H groups in total. The van der Waals surface area contributed by atoms with E-state index in [2.05, 4.69) is 22.3 Å². The first-order valence-corrected chi connectivity index (χ1v) is 10.2. The lowest BCUT2D eigenvalue weighted by Crippen LogP contribution is -2.42. The van der Waals surface area contributed by atoms with Gasteiger partial charge in [0.05, 0.1) is 20.3 Å². The Morgan fingerprint density at radius 1 is 1.14 bits per heavy atom. The van der Waals surface area contributed by atoms with Gasteiger partial charge in [-0.3, -0.25) is 4.79 Å². The highest BCUT2D eigenvalue weighted by atomic mass is 32.2. The number of para-hydroxylation sites is 2. The van der Waals surface area contributed by atoms with E-state index in [0.29, 0.717) is 13.2 Å². The van der Waals surface area contributed by atoms with Crippen LogP contribution in [0, 0.1) is 0 Å². The monoisotopic (exact) mass is 395 g/mol. The van der Waals surface area contributed by atoms with Crippen molar-refractivity contribution in [2.45, 2.75) is 10.8 Å². The van der Waals surface area contributed by atoms with Crippen LogP contribution >= 0.6 is 11.8 Å². The average molecular weight is 395 g/mol. The lowest BCUT2D eigenvalue weighted by Gasteiger charge is -2.38. The van der Waals surface area contributed by atoms with Gasteiger partial charge in [-0.05, 0) is 12.1 Å². The van der Waals surface area contributed by atoms with E-state index in [1.54, 1.807) is 0 Å². The Morgan fingerprint density at radius 3 is 2.36 bits per heavy atom. The van der Waals surface area contributed by atoms with Crippen molar-refractivity contribution in [1.29, 1.82) is 0 Å². The number of ether oxygens (including phenoxy) is 2. The third-order valence-corrected chi connectivity index (χ3v) is 6.85. The van der Waals surface area contributed by atoms with E-state index in [1.807, 2.05) is 36.4 Å². The molecule has 5 rings (SSSR count). The van der Waals surface area contributed by atoms with Crippen LogP contribution in [0.2, 0.25) is 0 Å². The third-order valence-electron chi connectivity index (χ3n) is 5.52. The first-order valence-electron chi connectivity index (χ1n) is 9.37. The number of morpholine rings is 1. The number of hydrogen-bond donors (Lipinski definition) is 1. The maximum Gasteiger partial charge on any atom is 0.322 e. The van der Waals surface area contributed by atoms with Crippen molar-refractivity contribution >= 4 is 34.3 Å². The molecule has 1 spiro atoms. The zero-order valence-corrected chi connectivity index (χ0v) is 16.4. The Balaban J connectivity index is 1.74. The minimum atomic E-state index is -0.816. The minimum Gasteiger partial charge on any atom is -0.468 e. The maximum absolute atomic E-state index is 13.0. The molecule has 6 nitrogen and oxygen atoms in total. The van der Waals surface area contributed by atoms with E-state index in [1.165, 1.54) is 18.9 Å². The molecular weight excluding hydrogens is 374 g/mol. The number of thioether (sulfide) groups is 1. The van der Waals surface area contributed by atoms with E-state index in [9.17, 15) is 4.79 Å². The SMILES string of the molecule is COC(=O)C1SC(N2CCOCC2)=NC12c1ccccc1Nc1ccccc12. The van der Waals surface area contributed by atoms with Crippen LogP contribution in [0.15, 0.2) is 53.5 Å². The molecule has 0 radical (unpaired) electrons. The molecule has 1 atom stereocenters. The van der Waals surface area contributed by atoms with Crippen LogP contribution in [0.25, 0.3) is 0 Å². The number of amidine groups is 1. The Bertz CT molecular complexity index is 910. The average Bonchev–Trinajstić information content (AvgIpc) is 3.15. The molecule has 3 aliphatic rings. The van der Waals surface area contributed by atoms with Gasteiger partial charge in [0.1, 0.15) is 10.8 Å². The summed E-state index contributed by atoms with van der Waals surface area (Å²) in [5, 5.41) is 3.89. The van der Waals surface area contributed by atoms with Crippen LogP contribution in [0.1, 0.15) is 11.1 Å². The van der Waals surface area contributed by atoms with Gasteiger partial charge in [-0.15, -0.1) is 0 Å². The quantitative estimate of drug-likeness (QED) is 0.749. The smallest absolute Gasteiger partial charge is 0.322 e. The van der Waals surface area contributed by atoms with Crippen molar-refractivity contribution in [2.75, 3.05) is 38.7 Å². The molecule has 2 aromatic carbocycles. The minimum absolute atomic E-state index is 0.261. The summed E-state index contributed by atoms with van der Waals surface area (Å²) in [5.74, 6) is -0.261. The van der Waals surface area contributed by atoms with Gasteiger partial charge in [-0.1, -0.05) is 48.2 Å². The summed E-state index contributed by atoms with van der Waals surface area (Å²) in [6.07, 6.45) is 0. The topological polar surface area (TPSA) is 63.2 Å². The van der Waals surface area contributed by atoms with Crippen LogP contribution in [0.4, 0.5) is 11.4 Å². The van der Waals surface area contributed by atoms with Gasteiger partial charge in [-0.25, -0.2) is 4.99 Å². The predicted octanol–water partition coefficient (Wildman–Crippen LogP) is 2.96. The van der Waals surface area contributed by atoms with Crippen LogP contribution < -0.4 is 5.32 Å². The number of nitrogens with zero attached hydrogens (tertiary/aromatic N) is 2. The summed E-state index contributed by atoms with van der Waals surface area (Å²) in [7, 11) is 1.45. The van der Waals surface area contributed by atoms with E-state index >= 15 is 0 Å². The molecule has 1 saturated heterocycles. The highest BCUT2D eigenvalue weighted by Gasteiger charge is 2.56. The Labute approximate surface area is 167 Å². The van der Waals surface area contributed by atoms with Gasteiger partial charge >= 0.3 is 5.97 Å². The van der Waals surface area contributed by atoms with Crippen molar-refractivity contribution in [2.24, 2.45) is 4.99 Å². The fraction of sp³-hybridized carbons (Fsp3) is 0.333. The van der Waals surface area contributed by atoms with Gasteiger partial charge < -0.3 is 19.7 Å². The van der Waals surface area contributed by atoms with Gasteiger partial charge in [0.2, 0.25) is 0 Å². The molecule has 0 aliphatic carbocycles. The molecule has 144 valence electrons. The number of methoxy groups -OCH3 is 1. The standard InChI is InChI=1S/C21H21N3O3S/c1-26-19(25)18-21(23-20(28-18)24-10-12-27-13-11-24)14-6-2-4-8-16(14)22-17-9-5-3-7-15(17)21/h2-9,18,22H,10-13H2,1H3. The molecule has 3 heterocycles. The molecule has 0 amide bonds. The predicted molar refractivity (Wildman–Crippen MR) is 110 cm³/mol. The zero-order valence-electron chi connectivity index (χ0n) is 15.6. The van der Waals surface area contributed by atoms with Crippen LogP contribution in [-0.4, -0.2) is 54.7 Å². The number of nitrogens with one attached hydrogen (secondary N) is 1. The Hall–Kier alpha value is -2.51. The Morgan fingerprint density at radius 2 is 1.75 bits per heavy atom. The number of esters is 1. The lowest BCUT2D eigenvalue weighted by molar-refractivity contribution is -0.140. The van der Waals surface area contributed by atoms with Crippen molar-refractivity contribution in [3.8, 4) is 0 Å². The summed E-state index contributed by atoms with van der Waals surface area (Å²) < 4.78 is 10.7. The summed E-state index contributed by atoms with van der Waals surface area (Å²) in [6, 6.07) is 16.2. The van der Waals surface area contributed by atoms with Crippen molar-refractivity contribution in [3.63, 3.8) is 0 Å². The molecule has 0 saturated carbocycles. The number of aliphatic imine (C=N–C) groups is 1. The van der Waals surface area contributed by atoms with Gasteiger partial charge in [0.15, 0.2) is 5.17 Å². The number of hydrogen-bond acceptors (Lipinski definition) is 7. The molecular formula is C21H21N3O3S. The van der Waals surface area contributed by atoms with E-state index in [-0.39, 0.29) is 5.97 Å². The third kappa shape index (κ3) is 2.53. The van der Waals surface area contributed by atoms with Crippen molar-refractivity contribution in [1.82, 2.24) is 4.90 Å². The molecule has 1 fully saturated rings. The molecule has 1 unspecified atom stereocenters. The summed E-state index contributed by atoms with van der Waals surface area (Å²) >= 11 is 1.50. The van der Waals surface area contributed by atoms with E-state index < -0.39 is 10.8 Å². The second-order valence-corrected chi connectivity index (χ2v) is 8.07. The number of carbonyl (C=O) groups excluding carboxylic acids is 1. The van der Waals surface area contributed by atoms with E-state index in [4.69, 9.17) is 14.5 Å². The van der Waals surface area contributed by atoms with Gasteiger partial charge in [0, 0.05) is 35.6 Å². The summed E-state index contributed by atoms with van der Waals surface area (Å²) in [5.41, 5.74) is 3.13. The maximum atomic E-state index is 13.0. The molecule has 3 aliphatic heterocycles. The lowest BCUT2D eigenvalue weighted by atomic mass is 9.76. The number of fused-ring (bicyclic) bond motifs is 4. The van der Waals surface area contributed by atoms with Gasteiger partial charge in [-0.2, -0.15) is 0 Å². The number of rotatable bonds is 1. The Kier molecular flexibility index (Phi) is 4.29. The number of benzene rings is 2. The second kappa shape index (κ2) is 6.83. The first kappa shape index (κ1) is 17.6. The zero-order chi connectivity index (χ0) is 19.1. The van der Waals surface area contributed by atoms with E-state index in [0.717, 1.165) is 40.8 Å². The first-order chi connectivity index (χ1) is 13.7. The summed E-state index contributed by atoms with van der Waals surface area (Å²) in [4.78, 5) is 20.4. The molecule has 28 heavy (non-hydrogen) atoms. The molecule has 0 aromatic heterocycles. The fourth-order valence-corrected chi connectivity index (χ4v) is 5.60. The van der Waals surface area contributed by atoms with Gasteiger partial charge in [0.25, 0.3) is 0 Å². The highest BCUT2D eigenvalue weighted by molar-refractivity contribution is 8.15. The molecule has 2 aromatic rings. The van der Waals surface area contributed by atoms with Crippen molar-refractivity contribution in [3.05, 3.63) is 59.7 Å². The van der Waals surface area contributed by atoms with Crippen LogP contribution in [0.5, 0.6) is 0 Å².